The summed E-state index contributed by atoms with van der Waals surface area (Å²) in [4.78, 5) is 0. The zero-order chi connectivity index (χ0) is 14.8. The van der Waals surface area contributed by atoms with Gasteiger partial charge in [0.25, 0.3) is 0 Å². The predicted octanol–water partition coefficient (Wildman–Crippen LogP) is 5.60. The molecule has 0 saturated carbocycles. The van der Waals surface area contributed by atoms with E-state index in [4.69, 9.17) is 10.5 Å². The van der Waals surface area contributed by atoms with Crippen LogP contribution in [-0.2, 0) is 0 Å². The van der Waals surface area contributed by atoms with Crippen LogP contribution in [0.15, 0.2) is 22.7 Å². The van der Waals surface area contributed by atoms with Crippen molar-refractivity contribution in [3.05, 3.63) is 28.2 Å². The lowest BCUT2D eigenvalue weighted by Crippen LogP contribution is -2.11. The summed E-state index contributed by atoms with van der Waals surface area (Å²) in [5, 5.41) is 0. The fraction of sp³-hybridized carbons (Fsp3) is 0.647. The highest BCUT2D eigenvalue weighted by atomic mass is 79.9. The molecule has 0 amide bonds. The Kier molecular flexibility index (Phi) is 8.95. The largest absolute Gasteiger partial charge is 0.496 e. The van der Waals surface area contributed by atoms with Crippen molar-refractivity contribution < 1.29 is 4.74 Å². The summed E-state index contributed by atoms with van der Waals surface area (Å²) >= 11 is 3.50. The molecular weight excluding hydrogens is 314 g/mol. The van der Waals surface area contributed by atoms with Crippen molar-refractivity contribution in [1.82, 2.24) is 0 Å². The lowest BCUT2D eigenvalue weighted by atomic mass is 9.99. The number of hydrogen-bond acceptors (Lipinski definition) is 2. The molecule has 0 fully saturated rings. The van der Waals surface area contributed by atoms with Crippen LogP contribution in [-0.4, -0.2) is 7.11 Å². The van der Waals surface area contributed by atoms with E-state index in [-0.39, 0.29) is 6.04 Å². The summed E-state index contributed by atoms with van der Waals surface area (Å²) in [5.74, 6) is 0.892. The maximum atomic E-state index is 6.30. The molecule has 3 heteroatoms. The molecule has 0 radical (unpaired) electrons. The minimum atomic E-state index is 0.0677. The van der Waals surface area contributed by atoms with Crippen molar-refractivity contribution in [3.8, 4) is 5.75 Å². The molecule has 0 spiro atoms. The molecule has 0 aliphatic rings. The Morgan fingerprint density at radius 1 is 1.10 bits per heavy atom. The third-order valence-electron chi connectivity index (χ3n) is 3.71. The van der Waals surface area contributed by atoms with Gasteiger partial charge in [-0.2, -0.15) is 0 Å². The highest BCUT2D eigenvalue weighted by Gasteiger charge is 2.12. The first-order chi connectivity index (χ1) is 9.69. The number of methoxy groups -OCH3 is 1. The Balaban J connectivity index is 2.32. The van der Waals surface area contributed by atoms with Crippen LogP contribution in [0.1, 0.15) is 69.9 Å². The van der Waals surface area contributed by atoms with Crippen LogP contribution in [0.5, 0.6) is 5.75 Å². The van der Waals surface area contributed by atoms with Crippen molar-refractivity contribution in [2.45, 2.75) is 64.3 Å². The lowest BCUT2D eigenvalue weighted by Gasteiger charge is -2.16. The average molecular weight is 342 g/mol. The summed E-state index contributed by atoms with van der Waals surface area (Å²) in [6.45, 7) is 2.25. The molecule has 0 aromatic heterocycles. The summed E-state index contributed by atoms with van der Waals surface area (Å²) in [6, 6.07) is 6.11. The monoisotopic (exact) mass is 341 g/mol. The van der Waals surface area contributed by atoms with Crippen molar-refractivity contribution in [2.75, 3.05) is 7.11 Å². The third kappa shape index (κ3) is 6.27. The number of nitrogens with two attached hydrogens (primary N) is 1. The van der Waals surface area contributed by atoms with Gasteiger partial charge in [-0.25, -0.2) is 0 Å². The van der Waals surface area contributed by atoms with Gasteiger partial charge < -0.3 is 10.5 Å². The van der Waals surface area contributed by atoms with Crippen molar-refractivity contribution >= 4 is 15.9 Å². The third-order valence-corrected chi connectivity index (χ3v) is 4.20. The Labute approximate surface area is 132 Å². The molecule has 0 bridgehead atoms. The van der Waals surface area contributed by atoms with E-state index in [2.05, 4.69) is 28.9 Å². The van der Waals surface area contributed by atoms with Gasteiger partial charge in [0.15, 0.2) is 0 Å². The average Bonchev–Trinajstić information content (AvgIpc) is 2.46. The minimum Gasteiger partial charge on any atom is -0.496 e. The maximum Gasteiger partial charge on any atom is 0.123 e. The molecule has 20 heavy (non-hydrogen) atoms. The molecule has 0 aliphatic heterocycles. The standard InChI is InChI=1S/C17H28BrNO/c1-3-4-5-6-7-8-9-10-16(19)15-13-14(18)11-12-17(15)20-2/h11-13,16H,3-10,19H2,1-2H3. The number of rotatable bonds is 10. The first-order valence-electron chi connectivity index (χ1n) is 7.78. The number of halogens is 1. The Bertz CT molecular complexity index is 381. The van der Waals surface area contributed by atoms with Crippen molar-refractivity contribution in [3.63, 3.8) is 0 Å². The van der Waals surface area contributed by atoms with E-state index in [1.165, 1.54) is 44.9 Å². The predicted molar refractivity (Wildman–Crippen MR) is 90.2 cm³/mol. The van der Waals surface area contributed by atoms with Crippen LogP contribution in [0.3, 0.4) is 0 Å². The van der Waals surface area contributed by atoms with Gasteiger partial charge in [-0.05, 0) is 24.6 Å². The lowest BCUT2D eigenvalue weighted by molar-refractivity contribution is 0.403. The molecule has 1 rings (SSSR count). The van der Waals surface area contributed by atoms with Crippen LogP contribution < -0.4 is 10.5 Å². The maximum absolute atomic E-state index is 6.30. The highest BCUT2D eigenvalue weighted by Crippen LogP contribution is 2.30. The topological polar surface area (TPSA) is 35.2 Å². The number of benzene rings is 1. The van der Waals surface area contributed by atoms with Crippen LogP contribution in [0.2, 0.25) is 0 Å². The Morgan fingerprint density at radius 2 is 1.75 bits per heavy atom. The molecule has 114 valence electrons. The normalized spacial score (nSPS) is 12.4. The number of hydrogen-bond donors (Lipinski definition) is 1. The highest BCUT2D eigenvalue weighted by molar-refractivity contribution is 9.10. The molecule has 1 atom stereocenters. The Hall–Kier alpha value is -0.540. The smallest absolute Gasteiger partial charge is 0.123 e. The van der Waals surface area contributed by atoms with Gasteiger partial charge in [-0.3, -0.25) is 0 Å². The van der Waals surface area contributed by atoms with Crippen LogP contribution >= 0.6 is 15.9 Å². The van der Waals surface area contributed by atoms with Crippen LogP contribution in [0, 0.1) is 0 Å². The van der Waals surface area contributed by atoms with E-state index in [1.54, 1.807) is 7.11 Å². The molecule has 0 heterocycles. The molecule has 1 aromatic rings. The summed E-state index contributed by atoms with van der Waals surface area (Å²) in [6.07, 6.45) is 10.3. The van der Waals surface area contributed by atoms with Gasteiger partial charge >= 0.3 is 0 Å². The second-order valence-electron chi connectivity index (χ2n) is 5.40. The molecule has 2 nitrogen and oxygen atoms in total. The second kappa shape index (κ2) is 10.2. The molecule has 2 N–H and O–H groups in total. The zero-order valence-corrected chi connectivity index (χ0v) is 14.4. The summed E-state index contributed by atoms with van der Waals surface area (Å²) < 4.78 is 6.45. The van der Waals surface area contributed by atoms with E-state index in [1.807, 2.05) is 12.1 Å². The van der Waals surface area contributed by atoms with E-state index in [9.17, 15) is 0 Å². The minimum absolute atomic E-state index is 0.0677. The van der Waals surface area contributed by atoms with E-state index < -0.39 is 0 Å². The van der Waals surface area contributed by atoms with Crippen molar-refractivity contribution in [2.24, 2.45) is 5.73 Å². The zero-order valence-electron chi connectivity index (χ0n) is 12.8. The fourth-order valence-corrected chi connectivity index (χ4v) is 2.85. The molecule has 1 aromatic carbocycles. The molecule has 0 saturated heterocycles. The summed E-state index contributed by atoms with van der Waals surface area (Å²) in [5.41, 5.74) is 7.41. The number of ether oxygens (including phenoxy) is 1. The molecule has 1 unspecified atom stereocenters. The first-order valence-corrected chi connectivity index (χ1v) is 8.57. The second-order valence-corrected chi connectivity index (χ2v) is 6.32. The Morgan fingerprint density at radius 3 is 2.40 bits per heavy atom. The van der Waals surface area contributed by atoms with Crippen LogP contribution in [0.25, 0.3) is 0 Å². The van der Waals surface area contributed by atoms with Gasteiger partial charge in [-0.1, -0.05) is 67.8 Å². The quantitative estimate of drug-likeness (QED) is 0.562. The van der Waals surface area contributed by atoms with Gasteiger partial charge in [0.2, 0.25) is 0 Å². The van der Waals surface area contributed by atoms with Gasteiger partial charge in [0.05, 0.1) is 7.11 Å². The van der Waals surface area contributed by atoms with Crippen LogP contribution in [0.4, 0.5) is 0 Å². The summed E-state index contributed by atoms with van der Waals surface area (Å²) in [7, 11) is 1.70. The molecular formula is C17H28BrNO. The van der Waals surface area contributed by atoms with E-state index in [0.717, 1.165) is 22.2 Å². The SMILES string of the molecule is CCCCCCCCCC(N)c1cc(Br)ccc1OC. The van der Waals surface area contributed by atoms with Gasteiger partial charge in [-0.15, -0.1) is 0 Å². The van der Waals surface area contributed by atoms with Gasteiger partial charge in [0, 0.05) is 16.1 Å². The van der Waals surface area contributed by atoms with E-state index >= 15 is 0 Å². The van der Waals surface area contributed by atoms with Crippen molar-refractivity contribution in [1.29, 1.82) is 0 Å². The van der Waals surface area contributed by atoms with E-state index in [0.29, 0.717) is 0 Å². The first kappa shape index (κ1) is 17.5. The number of unbranched alkanes of at least 4 members (excludes halogenated alkanes) is 6. The molecule has 0 aliphatic carbocycles. The van der Waals surface area contributed by atoms with Gasteiger partial charge in [0.1, 0.15) is 5.75 Å². The fourth-order valence-electron chi connectivity index (χ4n) is 2.47.